The SMILES string of the molecule is CCCCN(Cc1ccco1)c1ccc(NC(=O)c2ccc(Cl)cc2Cl)cc1C(=O)N1CCCC1. The Labute approximate surface area is 215 Å². The van der Waals surface area contributed by atoms with Crippen molar-refractivity contribution in [3.8, 4) is 0 Å². The highest BCUT2D eigenvalue weighted by Gasteiger charge is 2.25. The summed E-state index contributed by atoms with van der Waals surface area (Å²) in [5.41, 5.74) is 2.24. The predicted molar refractivity (Wildman–Crippen MR) is 141 cm³/mol. The standard InChI is InChI=1S/C27H29Cl2N3O3/c1-2-3-12-32(18-21-7-6-15-35-21)25-11-9-20(17-23(25)27(34)31-13-4-5-14-31)30-26(33)22-10-8-19(28)16-24(22)29/h6-11,15-17H,2-5,12-14,18H2,1H3,(H,30,33). The highest BCUT2D eigenvalue weighted by molar-refractivity contribution is 6.37. The fourth-order valence-electron chi connectivity index (χ4n) is 4.25. The van der Waals surface area contributed by atoms with Gasteiger partial charge in [-0.1, -0.05) is 36.5 Å². The van der Waals surface area contributed by atoms with E-state index in [4.69, 9.17) is 27.6 Å². The molecule has 35 heavy (non-hydrogen) atoms. The van der Waals surface area contributed by atoms with E-state index >= 15 is 0 Å². The van der Waals surface area contributed by atoms with Crippen LogP contribution in [0.4, 0.5) is 11.4 Å². The van der Waals surface area contributed by atoms with Crippen LogP contribution in [0, 0.1) is 0 Å². The molecule has 0 saturated carbocycles. The van der Waals surface area contributed by atoms with Crippen LogP contribution in [0.5, 0.6) is 0 Å². The molecule has 1 N–H and O–H groups in total. The Morgan fingerprint density at radius 3 is 2.54 bits per heavy atom. The minimum atomic E-state index is -0.364. The van der Waals surface area contributed by atoms with Gasteiger partial charge in [-0.05, 0) is 67.8 Å². The third-order valence-electron chi connectivity index (χ3n) is 6.10. The van der Waals surface area contributed by atoms with Gasteiger partial charge in [0.2, 0.25) is 0 Å². The Morgan fingerprint density at radius 1 is 1.06 bits per heavy atom. The molecule has 1 fully saturated rings. The Morgan fingerprint density at radius 2 is 1.86 bits per heavy atom. The molecule has 1 saturated heterocycles. The number of carbonyl (C=O) groups excluding carboxylic acids is 2. The molecule has 0 unspecified atom stereocenters. The number of likely N-dealkylation sites (tertiary alicyclic amines) is 1. The summed E-state index contributed by atoms with van der Waals surface area (Å²) in [4.78, 5) is 30.5. The molecule has 8 heteroatoms. The topological polar surface area (TPSA) is 65.8 Å². The maximum atomic E-state index is 13.6. The number of unbranched alkanes of at least 4 members (excludes halogenated alkanes) is 1. The van der Waals surface area contributed by atoms with Gasteiger partial charge in [-0.2, -0.15) is 0 Å². The van der Waals surface area contributed by atoms with Crippen molar-refractivity contribution in [2.45, 2.75) is 39.2 Å². The third-order valence-corrected chi connectivity index (χ3v) is 6.65. The van der Waals surface area contributed by atoms with Crippen LogP contribution in [0.1, 0.15) is 59.1 Å². The molecule has 1 aliphatic heterocycles. The van der Waals surface area contributed by atoms with Gasteiger partial charge in [-0.25, -0.2) is 0 Å². The van der Waals surface area contributed by atoms with E-state index in [2.05, 4.69) is 17.1 Å². The summed E-state index contributed by atoms with van der Waals surface area (Å²) in [7, 11) is 0. The summed E-state index contributed by atoms with van der Waals surface area (Å²) in [5, 5.41) is 3.61. The maximum absolute atomic E-state index is 13.6. The molecular weight excluding hydrogens is 485 g/mol. The lowest BCUT2D eigenvalue weighted by molar-refractivity contribution is 0.0793. The van der Waals surface area contributed by atoms with Crippen LogP contribution in [0.2, 0.25) is 10.0 Å². The van der Waals surface area contributed by atoms with E-state index in [1.165, 1.54) is 6.07 Å². The fourth-order valence-corrected chi connectivity index (χ4v) is 4.74. The fraction of sp³-hybridized carbons (Fsp3) is 0.333. The maximum Gasteiger partial charge on any atom is 0.257 e. The summed E-state index contributed by atoms with van der Waals surface area (Å²) in [6, 6.07) is 14.0. The lowest BCUT2D eigenvalue weighted by atomic mass is 10.1. The van der Waals surface area contributed by atoms with Crippen molar-refractivity contribution in [1.82, 2.24) is 4.90 Å². The Bertz CT molecular complexity index is 1170. The minimum Gasteiger partial charge on any atom is -0.467 e. The third kappa shape index (κ3) is 6.19. The first kappa shape index (κ1) is 25.1. The van der Waals surface area contributed by atoms with Gasteiger partial charge in [-0.3, -0.25) is 9.59 Å². The number of furan rings is 1. The lowest BCUT2D eigenvalue weighted by Crippen LogP contribution is -2.31. The number of halogens is 2. The molecule has 1 aliphatic rings. The first-order chi connectivity index (χ1) is 17.0. The second-order valence-electron chi connectivity index (χ2n) is 8.66. The number of hydrogen-bond donors (Lipinski definition) is 1. The first-order valence-corrected chi connectivity index (χ1v) is 12.7. The monoisotopic (exact) mass is 513 g/mol. The number of rotatable bonds is 9. The van der Waals surface area contributed by atoms with Gasteiger partial charge in [0.15, 0.2) is 0 Å². The van der Waals surface area contributed by atoms with E-state index in [9.17, 15) is 9.59 Å². The van der Waals surface area contributed by atoms with E-state index in [1.807, 2.05) is 29.2 Å². The van der Waals surface area contributed by atoms with Crippen LogP contribution in [0.15, 0.2) is 59.2 Å². The molecule has 2 heterocycles. The van der Waals surface area contributed by atoms with Crippen molar-refractivity contribution in [1.29, 1.82) is 0 Å². The first-order valence-electron chi connectivity index (χ1n) is 11.9. The number of carbonyl (C=O) groups is 2. The molecule has 4 rings (SSSR count). The molecule has 0 atom stereocenters. The number of nitrogens with one attached hydrogen (secondary N) is 1. The lowest BCUT2D eigenvalue weighted by Gasteiger charge is -2.28. The van der Waals surface area contributed by atoms with Crippen molar-refractivity contribution in [2.24, 2.45) is 0 Å². The number of amides is 2. The minimum absolute atomic E-state index is 0.0286. The van der Waals surface area contributed by atoms with Crippen molar-refractivity contribution in [3.63, 3.8) is 0 Å². The molecule has 1 aromatic heterocycles. The normalized spacial score (nSPS) is 13.2. The van der Waals surface area contributed by atoms with Crippen LogP contribution in [0.3, 0.4) is 0 Å². The van der Waals surface area contributed by atoms with Crippen LogP contribution < -0.4 is 10.2 Å². The van der Waals surface area contributed by atoms with Crippen LogP contribution in [0.25, 0.3) is 0 Å². The largest absolute Gasteiger partial charge is 0.467 e. The van der Waals surface area contributed by atoms with Crippen molar-refractivity contribution in [2.75, 3.05) is 29.9 Å². The second kappa shape index (κ2) is 11.6. The summed E-state index contributed by atoms with van der Waals surface area (Å²) in [5.74, 6) is 0.437. The quantitative estimate of drug-likeness (QED) is 0.338. The second-order valence-corrected chi connectivity index (χ2v) is 9.51. The van der Waals surface area contributed by atoms with Crippen LogP contribution >= 0.6 is 23.2 Å². The van der Waals surface area contributed by atoms with Gasteiger partial charge >= 0.3 is 0 Å². The molecule has 2 aromatic carbocycles. The van der Waals surface area contributed by atoms with Crippen molar-refractivity contribution < 1.29 is 14.0 Å². The van der Waals surface area contributed by atoms with Crippen molar-refractivity contribution in [3.05, 3.63) is 81.7 Å². The van der Waals surface area contributed by atoms with E-state index in [0.29, 0.717) is 28.4 Å². The Hall–Kier alpha value is -2.96. The van der Waals surface area contributed by atoms with Gasteiger partial charge in [0.1, 0.15) is 5.76 Å². The zero-order valence-electron chi connectivity index (χ0n) is 19.7. The Balaban J connectivity index is 1.67. The van der Waals surface area contributed by atoms with E-state index in [-0.39, 0.29) is 16.8 Å². The van der Waals surface area contributed by atoms with E-state index < -0.39 is 0 Å². The van der Waals surface area contributed by atoms with Gasteiger partial charge in [-0.15, -0.1) is 0 Å². The van der Waals surface area contributed by atoms with E-state index in [0.717, 1.165) is 56.8 Å². The highest BCUT2D eigenvalue weighted by atomic mass is 35.5. The molecule has 6 nitrogen and oxygen atoms in total. The molecule has 0 radical (unpaired) electrons. The summed E-state index contributed by atoms with van der Waals surface area (Å²) < 4.78 is 5.59. The van der Waals surface area contributed by atoms with E-state index in [1.54, 1.807) is 24.5 Å². The molecule has 0 bridgehead atoms. The van der Waals surface area contributed by atoms with Crippen molar-refractivity contribution >= 4 is 46.4 Å². The predicted octanol–water partition coefficient (Wildman–Crippen LogP) is 6.88. The number of anilines is 2. The highest BCUT2D eigenvalue weighted by Crippen LogP contribution is 2.30. The van der Waals surface area contributed by atoms with Gasteiger partial charge in [0, 0.05) is 30.3 Å². The van der Waals surface area contributed by atoms with Gasteiger partial charge < -0.3 is 19.5 Å². The molecule has 0 spiro atoms. The average Bonchev–Trinajstić information content (AvgIpc) is 3.56. The summed E-state index contributed by atoms with van der Waals surface area (Å²) in [6.07, 6.45) is 5.66. The molecule has 184 valence electrons. The van der Waals surface area contributed by atoms with Crippen LogP contribution in [-0.2, 0) is 6.54 Å². The molecule has 3 aromatic rings. The zero-order valence-corrected chi connectivity index (χ0v) is 21.2. The zero-order chi connectivity index (χ0) is 24.8. The average molecular weight is 514 g/mol. The van der Waals surface area contributed by atoms with Gasteiger partial charge in [0.05, 0.1) is 34.6 Å². The number of benzene rings is 2. The molecule has 2 amide bonds. The summed E-state index contributed by atoms with van der Waals surface area (Å²) >= 11 is 12.2. The summed E-state index contributed by atoms with van der Waals surface area (Å²) in [6.45, 7) is 4.95. The Kier molecular flexibility index (Phi) is 8.37. The van der Waals surface area contributed by atoms with Crippen LogP contribution in [-0.4, -0.2) is 36.3 Å². The smallest absolute Gasteiger partial charge is 0.257 e. The number of hydrogen-bond acceptors (Lipinski definition) is 4. The number of nitrogens with zero attached hydrogens (tertiary/aromatic N) is 2. The van der Waals surface area contributed by atoms with Gasteiger partial charge in [0.25, 0.3) is 11.8 Å². The molecular formula is C27H29Cl2N3O3. The molecule has 0 aliphatic carbocycles.